The van der Waals surface area contributed by atoms with E-state index in [0.717, 1.165) is 6.07 Å². The predicted molar refractivity (Wildman–Crippen MR) is 86.4 cm³/mol. The average Bonchev–Trinajstić information content (AvgIpc) is 2.52. The number of H-pyrrole nitrogens is 1. The van der Waals surface area contributed by atoms with Crippen LogP contribution >= 0.6 is 0 Å². The number of nitro benzene ring substituents is 1. The van der Waals surface area contributed by atoms with E-state index in [1.807, 2.05) is 0 Å². The van der Waals surface area contributed by atoms with Crippen LogP contribution in [0.3, 0.4) is 0 Å². The van der Waals surface area contributed by atoms with E-state index in [4.69, 9.17) is 5.11 Å². The number of nitro groups is 1. The van der Waals surface area contributed by atoms with Gasteiger partial charge in [0.15, 0.2) is 5.75 Å². The lowest BCUT2D eigenvalue weighted by Crippen LogP contribution is -2.19. The monoisotopic (exact) mass is 333 g/mol. The van der Waals surface area contributed by atoms with Crippen LogP contribution in [0.15, 0.2) is 28.1 Å². The van der Waals surface area contributed by atoms with Crippen LogP contribution in [-0.4, -0.2) is 37.9 Å². The molecule has 1 aromatic heterocycles. The molecule has 2 rings (SSSR count). The zero-order valence-electron chi connectivity index (χ0n) is 12.7. The number of anilines is 1. The van der Waals surface area contributed by atoms with Crippen LogP contribution in [0.25, 0.3) is 0 Å². The summed E-state index contributed by atoms with van der Waals surface area (Å²) in [7, 11) is 0. The minimum absolute atomic E-state index is 0.101. The van der Waals surface area contributed by atoms with Crippen molar-refractivity contribution in [1.82, 2.24) is 9.97 Å². The summed E-state index contributed by atoms with van der Waals surface area (Å²) < 4.78 is 0. The topological polar surface area (TPSA) is 154 Å². The summed E-state index contributed by atoms with van der Waals surface area (Å²) in [5, 5.41) is 32.9. The summed E-state index contributed by atoms with van der Waals surface area (Å²) in [6.07, 6.45) is 1.48. The molecule has 0 radical (unpaired) electrons. The van der Waals surface area contributed by atoms with E-state index >= 15 is 0 Å². The summed E-state index contributed by atoms with van der Waals surface area (Å²) in [5.74, 6) is -0.338. The molecule has 0 unspecified atom stereocenters. The first kappa shape index (κ1) is 17.1. The molecule has 0 spiro atoms. The second-order valence-electron chi connectivity index (χ2n) is 4.83. The summed E-state index contributed by atoms with van der Waals surface area (Å²) in [5.41, 5.74) is 2.93. The Labute approximate surface area is 135 Å². The quantitative estimate of drug-likeness (QED) is 0.344. The van der Waals surface area contributed by atoms with Crippen molar-refractivity contribution in [3.63, 3.8) is 0 Å². The molecule has 4 N–H and O–H groups in total. The van der Waals surface area contributed by atoms with Gasteiger partial charge in [0.25, 0.3) is 5.56 Å². The Hall–Kier alpha value is -3.27. The minimum Gasteiger partial charge on any atom is -0.502 e. The van der Waals surface area contributed by atoms with Gasteiger partial charge in [0.1, 0.15) is 0 Å². The zero-order valence-corrected chi connectivity index (χ0v) is 12.7. The maximum atomic E-state index is 11.8. The molecule has 1 aromatic carbocycles. The van der Waals surface area contributed by atoms with Crippen LogP contribution < -0.4 is 11.0 Å². The fraction of sp³-hybridized carbons (Fsp3) is 0.214. The molecule has 0 fully saturated rings. The van der Waals surface area contributed by atoms with Crippen molar-refractivity contribution in [2.24, 2.45) is 5.10 Å². The molecule has 0 aliphatic heterocycles. The van der Waals surface area contributed by atoms with E-state index in [0.29, 0.717) is 16.8 Å². The number of aliphatic hydroxyl groups is 1. The van der Waals surface area contributed by atoms with E-state index in [1.54, 1.807) is 6.92 Å². The van der Waals surface area contributed by atoms with Crippen LogP contribution in [0.2, 0.25) is 0 Å². The van der Waals surface area contributed by atoms with Crippen molar-refractivity contribution in [1.29, 1.82) is 0 Å². The van der Waals surface area contributed by atoms with Gasteiger partial charge in [-0.15, -0.1) is 0 Å². The fourth-order valence-electron chi connectivity index (χ4n) is 2.00. The van der Waals surface area contributed by atoms with Crippen LogP contribution in [0.5, 0.6) is 5.75 Å². The van der Waals surface area contributed by atoms with Gasteiger partial charge in [-0.05, 0) is 19.1 Å². The first-order chi connectivity index (χ1) is 11.4. The van der Waals surface area contributed by atoms with Gasteiger partial charge in [-0.3, -0.25) is 19.9 Å². The number of aromatic hydroxyl groups is 1. The molecule has 0 bridgehead atoms. The summed E-state index contributed by atoms with van der Waals surface area (Å²) in [4.78, 5) is 28.5. The number of aliphatic hydroxyl groups excluding tert-OH is 1. The largest absolute Gasteiger partial charge is 0.502 e. The van der Waals surface area contributed by atoms with E-state index in [9.17, 15) is 20.0 Å². The molecule has 0 aliphatic carbocycles. The first-order valence-corrected chi connectivity index (χ1v) is 6.89. The number of nitrogens with one attached hydrogen (secondary N) is 2. The number of phenolic OH excluding ortho intramolecular Hbond substituents is 1. The van der Waals surface area contributed by atoms with Crippen molar-refractivity contribution < 1.29 is 15.1 Å². The number of hydrogen-bond donors (Lipinski definition) is 4. The van der Waals surface area contributed by atoms with Crippen LogP contribution in [0.1, 0.15) is 16.8 Å². The van der Waals surface area contributed by atoms with Gasteiger partial charge in [0.05, 0.1) is 16.8 Å². The molecular weight excluding hydrogens is 318 g/mol. The SMILES string of the molecule is Cc1nc(N/N=C\c2ccc(O)c([N+](=O)[O-])c2)[nH]c(=O)c1CCO. The highest BCUT2D eigenvalue weighted by Gasteiger charge is 2.12. The molecule has 126 valence electrons. The Morgan fingerprint density at radius 2 is 2.25 bits per heavy atom. The predicted octanol–water partition coefficient (Wildman–Crippen LogP) is 0.673. The molecule has 0 aliphatic rings. The lowest BCUT2D eigenvalue weighted by molar-refractivity contribution is -0.385. The smallest absolute Gasteiger partial charge is 0.311 e. The second-order valence-corrected chi connectivity index (χ2v) is 4.83. The number of aryl methyl sites for hydroxylation is 1. The lowest BCUT2D eigenvalue weighted by atomic mass is 10.2. The highest BCUT2D eigenvalue weighted by atomic mass is 16.6. The summed E-state index contributed by atoms with van der Waals surface area (Å²) >= 11 is 0. The highest BCUT2D eigenvalue weighted by Crippen LogP contribution is 2.25. The average molecular weight is 333 g/mol. The summed E-state index contributed by atoms with van der Waals surface area (Å²) in [6, 6.07) is 3.79. The number of aromatic nitrogens is 2. The molecule has 10 heteroatoms. The van der Waals surface area contributed by atoms with Crippen molar-refractivity contribution in [3.8, 4) is 5.75 Å². The number of phenols is 1. The zero-order chi connectivity index (χ0) is 17.7. The Balaban J connectivity index is 2.16. The molecule has 24 heavy (non-hydrogen) atoms. The molecule has 0 saturated heterocycles. The Kier molecular flexibility index (Phi) is 5.22. The molecule has 0 saturated carbocycles. The van der Waals surface area contributed by atoms with Gasteiger partial charge in [0, 0.05) is 30.2 Å². The van der Waals surface area contributed by atoms with Crippen LogP contribution in [0, 0.1) is 17.0 Å². The third kappa shape index (κ3) is 3.93. The van der Waals surface area contributed by atoms with Gasteiger partial charge in [-0.1, -0.05) is 0 Å². The van der Waals surface area contributed by atoms with E-state index in [-0.39, 0.29) is 24.5 Å². The molecule has 10 nitrogen and oxygen atoms in total. The van der Waals surface area contributed by atoms with Crippen molar-refractivity contribution in [2.75, 3.05) is 12.0 Å². The van der Waals surface area contributed by atoms with Crippen LogP contribution in [-0.2, 0) is 6.42 Å². The maximum Gasteiger partial charge on any atom is 0.311 e. The number of nitrogens with zero attached hydrogens (tertiary/aromatic N) is 3. The lowest BCUT2D eigenvalue weighted by Gasteiger charge is -2.05. The summed E-state index contributed by atoms with van der Waals surface area (Å²) in [6.45, 7) is 1.48. The molecule has 0 atom stereocenters. The first-order valence-electron chi connectivity index (χ1n) is 6.89. The minimum atomic E-state index is -0.706. The van der Waals surface area contributed by atoms with E-state index in [2.05, 4.69) is 20.5 Å². The van der Waals surface area contributed by atoms with Crippen molar-refractivity contribution in [2.45, 2.75) is 13.3 Å². The number of aromatic amines is 1. The molecular formula is C14H15N5O5. The van der Waals surface area contributed by atoms with E-state index < -0.39 is 16.4 Å². The number of hydrogen-bond acceptors (Lipinski definition) is 8. The Morgan fingerprint density at radius 3 is 2.88 bits per heavy atom. The van der Waals surface area contributed by atoms with Crippen molar-refractivity contribution in [3.05, 3.63) is 55.5 Å². The molecule has 1 heterocycles. The van der Waals surface area contributed by atoms with Crippen molar-refractivity contribution >= 4 is 17.9 Å². The third-order valence-corrected chi connectivity index (χ3v) is 3.16. The number of hydrazone groups is 1. The number of benzene rings is 1. The fourth-order valence-corrected chi connectivity index (χ4v) is 2.00. The van der Waals surface area contributed by atoms with Gasteiger partial charge in [-0.2, -0.15) is 5.10 Å². The van der Waals surface area contributed by atoms with Crippen LogP contribution in [0.4, 0.5) is 11.6 Å². The van der Waals surface area contributed by atoms with Gasteiger partial charge >= 0.3 is 5.69 Å². The molecule has 2 aromatic rings. The number of rotatable bonds is 6. The van der Waals surface area contributed by atoms with Gasteiger partial charge < -0.3 is 10.2 Å². The van der Waals surface area contributed by atoms with E-state index in [1.165, 1.54) is 18.3 Å². The third-order valence-electron chi connectivity index (χ3n) is 3.16. The standard InChI is InChI=1S/C14H15N5O5/c1-8-10(4-5-20)13(22)17-14(16-8)18-15-7-9-2-3-12(21)11(6-9)19(23)24/h2-3,6-7,20-21H,4-5H2,1H3,(H2,16,17,18,22)/b15-7-. The van der Waals surface area contributed by atoms with Gasteiger partial charge in [-0.25, -0.2) is 10.4 Å². The molecule has 0 amide bonds. The maximum absolute atomic E-state index is 11.8. The normalized spacial score (nSPS) is 10.9. The second kappa shape index (κ2) is 7.33. The Bertz CT molecular complexity index is 846. The Morgan fingerprint density at radius 1 is 1.50 bits per heavy atom. The van der Waals surface area contributed by atoms with Gasteiger partial charge in [0.2, 0.25) is 5.95 Å². The highest BCUT2D eigenvalue weighted by molar-refractivity contribution is 5.81.